The molecule has 0 aliphatic rings. The highest BCUT2D eigenvalue weighted by molar-refractivity contribution is 5.94. The number of nitrogens with one attached hydrogen (secondary N) is 1. The minimum absolute atomic E-state index is 0.0531. The molecular formula is C18H25N3O2. The molecule has 23 heavy (non-hydrogen) atoms. The molecule has 0 radical (unpaired) electrons. The van der Waals surface area contributed by atoms with Gasteiger partial charge in [-0.25, -0.2) is 4.98 Å². The molecule has 5 heteroatoms. The predicted molar refractivity (Wildman–Crippen MR) is 90.6 cm³/mol. The lowest BCUT2D eigenvalue weighted by Crippen LogP contribution is -2.24. The Morgan fingerprint density at radius 1 is 1.35 bits per heavy atom. The van der Waals surface area contributed by atoms with Gasteiger partial charge in [0.15, 0.2) is 0 Å². The number of hydrogen-bond donors (Lipinski definition) is 1. The molecule has 0 aliphatic heterocycles. The lowest BCUT2D eigenvalue weighted by atomic mass is 10.2. The summed E-state index contributed by atoms with van der Waals surface area (Å²) in [5.41, 5.74) is 0.640. The minimum Gasteiger partial charge on any atom is -0.493 e. The highest BCUT2D eigenvalue weighted by atomic mass is 16.5. The molecule has 0 spiro atoms. The Bertz CT molecular complexity index is 594. The fourth-order valence-corrected chi connectivity index (χ4v) is 2.13. The van der Waals surface area contributed by atoms with Crippen molar-refractivity contribution in [2.24, 2.45) is 5.92 Å². The number of nitrogens with zero attached hydrogens (tertiary/aromatic N) is 2. The van der Waals surface area contributed by atoms with Crippen molar-refractivity contribution in [3.8, 4) is 5.75 Å². The largest absolute Gasteiger partial charge is 0.493 e. The van der Waals surface area contributed by atoms with E-state index in [1.807, 2.05) is 29.0 Å². The molecule has 1 amide bonds. The van der Waals surface area contributed by atoms with Gasteiger partial charge in [-0.1, -0.05) is 19.9 Å². The summed E-state index contributed by atoms with van der Waals surface area (Å²) < 4.78 is 7.69. The molecule has 0 atom stereocenters. The van der Waals surface area contributed by atoms with Crippen molar-refractivity contribution in [2.45, 2.75) is 33.2 Å². The average molecular weight is 315 g/mol. The van der Waals surface area contributed by atoms with E-state index in [9.17, 15) is 4.79 Å². The monoisotopic (exact) mass is 315 g/mol. The van der Waals surface area contributed by atoms with Gasteiger partial charge in [-0.05, 0) is 37.0 Å². The zero-order valence-electron chi connectivity index (χ0n) is 13.9. The van der Waals surface area contributed by atoms with Crippen LogP contribution in [0.1, 0.15) is 37.0 Å². The number of carbonyl (C=O) groups excluding carboxylic acids is 1. The van der Waals surface area contributed by atoms with Crippen LogP contribution in [0.15, 0.2) is 43.0 Å². The predicted octanol–water partition coefficient (Wildman–Crippen LogP) is 3.13. The van der Waals surface area contributed by atoms with Gasteiger partial charge in [0.05, 0.1) is 12.9 Å². The topological polar surface area (TPSA) is 56.1 Å². The Morgan fingerprint density at radius 2 is 2.22 bits per heavy atom. The second-order valence-corrected chi connectivity index (χ2v) is 6.00. The third-order valence-electron chi connectivity index (χ3n) is 3.37. The second kappa shape index (κ2) is 8.98. The molecule has 0 fully saturated rings. The van der Waals surface area contributed by atoms with Crippen molar-refractivity contribution in [3.05, 3.63) is 48.5 Å². The summed E-state index contributed by atoms with van der Waals surface area (Å²) in [5.74, 6) is 1.15. The Kier molecular flexibility index (Phi) is 6.66. The van der Waals surface area contributed by atoms with E-state index < -0.39 is 0 Å². The van der Waals surface area contributed by atoms with Crippen molar-refractivity contribution >= 4 is 5.91 Å². The van der Waals surface area contributed by atoms with E-state index in [1.165, 1.54) is 0 Å². The van der Waals surface area contributed by atoms with Crippen LogP contribution < -0.4 is 10.1 Å². The Morgan fingerprint density at radius 3 is 2.96 bits per heavy atom. The quantitative estimate of drug-likeness (QED) is 0.723. The smallest absolute Gasteiger partial charge is 0.251 e. The van der Waals surface area contributed by atoms with E-state index >= 15 is 0 Å². The summed E-state index contributed by atoms with van der Waals surface area (Å²) in [6, 6.07) is 7.33. The van der Waals surface area contributed by atoms with Gasteiger partial charge >= 0.3 is 0 Å². The molecule has 0 saturated heterocycles. The Hall–Kier alpha value is -2.30. The Balaban J connectivity index is 1.71. The van der Waals surface area contributed by atoms with Gasteiger partial charge in [-0.15, -0.1) is 0 Å². The van der Waals surface area contributed by atoms with Crippen LogP contribution in [0.25, 0.3) is 0 Å². The first-order valence-electron chi connectivity index (χ1n) is 8.12. The van der Waals surface area contributed by atoms with Gasteiger partial charge in [-0.3, -0.25) is 4.79 Å². The maximum absolute atomic E-state index is 12.1. The van der Waals surface area contributed by atoms with Crippen molar-refractivity contribution in [1.29, 1.82) is 0 Å². The van der Waals surface area contributed by atoms with E-state index in [1.54, 1.807) is 18.6 Å². The third-order valence-corrected chi connectivity index (χ3v) is 3.37. The first-order valence-corrected chi connectivity index (χ1v) is 8.12. The molecule has 1 heterocycles. The molecule has 0 unspecified atom stereocenters. The van der Waals surface area contributed by atoms with Crippen LogP contribution in [0, 0.1) is 5.92 Å². The van der Waals surface area contributed by atoms with Gasteiger partial charge in [0.2, 0.25) is 0 Å². The lowest BCUT2D eigenvalue weighted by Gasteiger charge is -2.10. The molecule has 1 aromatic carbocycles. The van der Waals surface area contributed by atoms with Crippen LogP contribution in [0.3, 0.4) is 0 Å². The molecule has 2 rings (SSSR count). The summed E-state index contributed by atoms with van der Waals surface area (Å²) in [6.45, 7) is 6.44. The number of carbonyl (C=O) groups is 1. The van der Waals surface area contributed by atoms with Crippen LogP contribution in [0.4, 0.5) is 0 Å². The number of amides is 1. The van der Waals surface area contributed by atoms with Gasteiger partial charge in [-0.2, -0.15) is 0 Å². The second-order valence-electron chi connectivity index (χ2n) is 6.00. The highest BCUT2D eigenvalue weighted by Gasteiger charge is 2.06. The number of unbranched alkanes of at least 4 members (excludes halogenated alkanes) is 1. The summed E-state index contributed by atoms with van der Waals surface area (Å²) in [7, 11) is 0. The normalized spacial score (nSPS) is 10.7. The van der Waals surface area contributed by atoms with Crippen LogP contribution >= 0.6 is 0 Å². The van der Waals surface area contributed by atoms with Crippen molar-refractivity contribution in [2.75, 3.05) is 13.2 Å². The van der Waals surface area contributed by atoms with Crippen LogP contribution in [-0.4, -0.2) is 28.6 Å². The zero-order valence-corrected chi connectivity index (χ0v) is 13.9. The van der Waals surface area contributed by atoms with Crippen LogP contribution in [0.5, 0.6) is 5.75 Å². The molecule has 0 aliphatic carbocycles. The summed E-state index contributed by atoms with van der Waals surface area (Å²) in [5, 5.41) is 2.95. The molecule has 0 saturated carbocycles. The fraction of sp³-hybridized carbons (Fsp3) is 0.444. The molecule has 1 N–H and O–H groups in total. The molecular weight excluding hydrogens is 290 g/mol. The maximum Gasteiger partial charge on any atom is 0.251 e. The molecule has 124 valence electrons. The number of hydrogen-bond acceptors (Lipinski definition) is 3. The van der Waals surface area contributed by atoms with Gasteiger partial charge in [0.1, 0.15) is 5.75 Å². The zero-order chi connectivity index (χ0) is 16.5. The molecule has 1 aromatic heterocycles. The maximum atomic E-state index is 12.1. The standard InChI is InChI=1S/C18H25N3O2/c1-15(2)13-23-17-7-5-6-16(12-17)18(22)20-8-3-4-10-21-11-9-19-14-21/h5-7,9,11-12,14-15H,3-4,8,10,13H2,1-2H3,(H,20,22). The number of aryl methyl sites for hydroxylation is 1. The Labute approximate surface area is 137 Å². The first kappa shape index (κ1) is 17.1. The third kappa shape index (κ3) is 6.14. The molecule has 2 aromatic rings. The number of imidazole rings is 1. The SMILES string of the molecule is CC(C)COc1cccc(C(=O)NCCCCn2ccnc2)c1. The molecule has 5 nitrogen and oxygen atoms in total. The van der Waals surface area contributed by atoms with E-state index in [0.717, 1.165) is 25.1 Å². The van der Waals surface area contributed by atoms with Gasteiger partial charge in [0.25, 0.3) is 5.91 Å². The lowest BCUT2D eigenvalue weighted by molar-refractivity contribution is 0.0952. The number of benzene rings is 1. The summed E-state index contributed by atoms with van der Waals surface area (Å²) in [6.07, 6.45) is 7.47. The van der Waals surface area contributed by atoms with Crippen LogP contribution in [-0.2, 0) is 6.54 Å². The van der Waals surface area contributed by atoms with E-state index in [4.69, 9.17) is 4.74 Å². The first-order chi connectivity index (χ1) is 11.1. The number of ether oxygens (including phenoxy) is 1. The van der Waals surface area contributed by atoms with Crippen molar-refractivity contribution in [3.63, 3.8) is 0 Å². The van der Waals surface area contributed by atoms with Crippen LogP contribution in [0.2, 0.25) is 0 Å². The van der Waals surface area contributed by atoms with Gasteiger partial charge < -0.3 is 14.6 Å². The van der Waals surface area contributed by atoms with E-state index in [-0.39, 0.29) is 5.91 Å². The molecule has 0 bridgehead atoms. The number of rotatable bonds is 9. The summed E-state index contributed by atoms with van der Waals surface area (Å²) >= 11 is 0. The van der Waals surface area contributed by atoms with Crippen molar-refractivity contribution < 1.29 is 9.53 Å². The minimum atomic E-state index is -0.0531. The van der Waals surface area contributed by atoms with Crippen molar-refractivity contribution in [1.82, 2.24) is 14.9 Å². The summed E-state index contributed by atoms with van der Waals surface area (Å²) in [4.78, 5) is 16.1. The van der Waals surface area contributed by atoms with Gasteiger partial charge in [0, 0.05) is 31.0 Å². The number of aromatic nitrogens is 2. The van der Waals surface area contributed by atoms with E-state index in [2.05, 4.69) is 24.1 Å². The average Bonchev–Trinajstić information content (AvgIpc) is 3.06. The fourth-order valence-electron chi connectivity index (χ4n) is 2.13. The highest BCUT2D eigenvalue weighted by Crippen LogP contribution is 2.14. The van der Waals surface area contributed by atoms with E-state index in [0.29, 0.717) is 24.6 Å².